The molecule has 0 unspecified atom stereocenters. The molecule has 0 saturated heterocycles. The van der Waals surface area contributed by atoms with Crippen LogP contribution in [-0.4, -0.2) is 0 Å². The normalized spacial score (nSPS) is 11.3. The third-order valence-corrected chi connectivity index (χ3v) is 4.83. The van der Waals surface area contributed by atoms with Crippen molar-refractivity contribution in [3.63, 3.8) is 0 Å². The summed E-state index contributed by atoms with van der Waals surface area (Å²) in [7, 11) is 0. The van der Waals surface area contributed by atoms with Gasteiger partial charge >= 0.3 is 0 Å². The second-order valence-electron chi connectivity index (χ2n) is 6.25. The van der Waals surface area contributed by atoms with E-state index >= 15 is 0 Å². The Labute approximate surface area is 141 Å². The van der Waals surface area contributed by atoms with Gasteiger partial charge in [-0.3, -0.25) is 0 Å². The van der Waals surface area contributed by atoms with Crippen molar-refractivity contribution in [1.82, 2.24) is 0 Å². The van der Waals surface area contributed by atoms with E-state index < -0.39 is 0 Å². The van der Waals surface area contributed by atoms with Crippen LogP contribution in [0.2, 0.25) is 0 Å². The van der Waals surface area contributed by atoms with Gasteiger partial charge in [0.15, 0.2) is 0 Å². The Morgan fingerprint density at radius 3 is 1.83 bits per heavy atom. The van der Waals surface area contributed by atoms with Crippen LogP contribution in [0.4, 0.5) is 0 Å². The summed E-state index contributed by atoms with van der Waals surface area (Å²) >= 11 is 0. The number of hydrogen-bond donors (Lipinski definition) is 0. The van der Waals surface area contributed by atoms with Gasteiger partial charge in [0.2, 0.25) is 0 Å². The van der Waals surface area contributed by atoms with Crippen LogP contribution in [0.5, 0.6) is 0 Å². The fourth-order valence-electron chi connectivity index (χ4n) is 3.64. The lowest BCUT2D eigenvalue weighted by Crippen LogP contribution is -1.83. The first kappa shape index (κ1) is 13.3. The van der Waals surface area contributed by atoms with E-state index in [1.165, 1.54) is 43.4 Å². The van der Waals surface area contributed by atoms with E-state index in [0.717, 1.165) is 0 Å². The van der Waals surface area contributed by atoms with Gasteiger partial charge in [0, 0.05) is 0 Å². The topological polar surface area (TPSA) is 0 Å². The molecule has 0 aliphatic rings. The summed E-state index contributed by atoms with van der Waals surface area (Å²) in [5, 5.41) is 7.88. The molecule has 0 nitrogen and oxygen atoms in total. The highest BCUT2D eigenvalue weighted by molar-refractivity contribution is 6.20. The molecule has 0 saturated carbocycles. The van der Waals surface area contributed by atoms with Crippen molar-refractivity contribution in [3.8, 4) is 11.1 Å². The van der Waals surface area contributed by atoms with Crippen molar-refractivity contribution >= 4 is 32.3 Å². The van der Waals surface area contributed by atoms with Gasteiger partial charge in [-0.15, -0.1) is 0 Å². The van der Waals surface area contributed by atoms with Gasteiger partial charge < -0.3 is 0 Å². The van der Waals surface area contributed by atoms with Gasteiger partial charge in [0.05, 0.1) is 0 Å². The highest BCUT2D eigenvalue weighted by atomic mass is 14.1. The van der Waals surface area contributed by atoms with Crippen LogP contribution in [0.1, 0.15) is 0 Å². The Hall–Kier alpha value is -3.12. The molecule has 0 aromatic heterocycles. The number of fused-ring (bicyclic) bond motifs is 5. The van der Waals surface area contributed by atoms with Gasteiger partial charge in [-0.2, -0.15) is 0 Å². The molecule has 112 valence electrons. The Morgan fingerprint density at radius 1 is 0.375 bits per heavy atom. The quantitative estimate of drug-likeness (QED) is 0.298. The number of rotatable bonds is 1. The zero-order valence-electron chi connectivity index (χ0n) is 13.2. The van der Waals surface area contributed by atoms with Gasteiger partial charge in [-0.1, -0.05) is 91.0 Å². The van der Waals surface area contributed by atoms with E-state index in [-0.39, 0.29) is 0 Å². The van der Waals surface area contributed by atoms with Crippen LogP contribution >= 0.6 is 0 Å². The van der Waals surface area contributed by atoms with Crippen molar-refractivity contribution in [2.24, 2.45) is 0 Å². The molecule has 0 atom stereocenters. The van der Waals surface area contributed by atoms with Crippen LogP contribution < -0.4 is 0 Å². The van der Waals surface area contributed by atoms with Crippen molar-refractivity contribution in [2.75, 3.05) is 0 Å². The van der Waals surface area contributed by atoms with Gasteiger partial charge in [0.25, 0.3) is 0 Å². The minimum absolute atomic E-state index is 1.26. The lowest BCUT2D eigenvalue weighted by atomic mass is 9.94. The lowest BCUT2D eigenvalue weighted by Gasteiger charge is -2.10. The van der Waals surface area contributed by atoms with Crippen LogP contribution in [0, 0.1) is 0 Å². The molecule has 0 bridgehead atoms. The highest BCUT2D eigenvalue weighted by Crippen LogP contribution is 2.34. The van der Waals surface area contributed by atoms with Gasteiger partial charge in [-0.05, 0) is 49.5 Å². The minimum atomic E-state index is 1.26. The summed E-state index contributed by atoms with van der Waals surface area (Å²) in [6.45, 7) is 0. The fraction of sp³-hybridized carbons (Fsp3) is 0. The molecule has 0 radical (unpaired) electrons. The predicted molar refractivity (Wildman–Crippen MR) is 104 cm³/mol. The molecule has 5 aromatic carbocycles. The summed E-state index contributed by atoms with van der Waals surface area (Å²) in [4.78, 5) is 0. The zero-order chi connectivity index (χ0) is 15.9. The maximum Gasteiger partial charge on any atom is -0.00266 e. The molecule has 0 heterocycles. The molecule has 0 aliphatic heterocycles. The zero-order valence-corrected chi connectivity index (χ0v) is 13.2. The van der Waals surface area contributed by atoms with Gasteiger partial charge in [-0.25, -0.2) is 0 Å². The Kier molecular flexibility index (Phi) is 2.89. The summed E-state index contributed by atoms with van der Waals surface area (Å²) in [5.74, 6) is 0. The Morgan fingerprint density at radius 2 is 1.00 bits per heavy atom. The van der Waals surface area contributed by atoms with E-state index in [9.17, 15) is 0 Å². The summed E-state index contributed by atoms with van der Waals surface area (Å²) in [6.07, 6.45) is 0. The van der Waals surface area contributed by atoms with Crippen molar-refractivity contribution in [1.29, 1.82) is 0 Å². The first-order chi connectivity index (χ1) is 11.9. The monoisotopic (exact) mass is 304 g/mol. The van der Waals surface area contributed by atoms with Crippen molar-refractivity contribution in [2.45, 2.75) is 0 Å². The summed E-state index contributed by atoms with van der Waals surface area (Å²) < 4.78 is 0. The first-order valence-corrected chi connectivity index (χ1v) is 8.30. The Balaban J connectivity index is 1.93. The minimum Gasteiger partial charge on any atom is -0.0622 e. The lowest BCUT2D eigenvalue weighted by molar-refractivity contribution is 1.65. The molecule has 5 rings (SSSR count). The summed E-state index contributed by atoms with van der Waals surface area (Å²) in [5.41, 5.74) is 2.53. The molecule has 24 heavy (non-hydrogen) atoms. The summed E-state index contributed by atoms with van der Waals surface area (Å²) in [6, 6.07) is 34.9. The molecular formula is C24H16. The fourth-order valence-corrected chi connectivity index (χ4v) is 3.64. The predicted octanol–water partition coefficient (Wildman–Crippen LogP) is 6.81. The van der Waals surface area contributed by atoms with E-state index in [4.69, 9.17) is 0 Å². The molecular weight excluding hydrogens is 288 g/mol. The molecule has 0 N–H and O–H groups in total. The van der Waals surface area contributed by atoms with Gasteiger partial charge in [0.1, 0.15) is 0 Å². The second-order valence-corrected chi connectivity index (χ2v) is 6.25. The van der Waals surface area contributed by atoms with E-state index in [2.05, 4.69) is 97.1 Å². The smallest absolute Gasteiger partial charge is 0.00266 e. The second kappa shape index (κ2) is 5.21. The molecule has 0 heteroatoms. The average molecular weight is 304 g/mol. The van der Waals surface area contributed by atoms with E-state index in [0.29, 0.717) is 0 Å². The third kappa shape index (κ3) is 2.00. The van der Waals surface area contributed by atoms with Crippen molar-refractivity contribution in [3.05, 3.63) is 97.1 Å². The molecule has 0 amide bonds. The molecule has 5 aromatic rings. The SMILES string of the molecule is c1ccc(-c2ccc3ccc4ccc5ccccc5c4c3c2)cc1. The maximum absolute atomic E-state index is 2.33. The van der Waals surface area contributed by atoms with Crippen molar-refractivity contribution < 1.29 is 0 Å². The number of benzene rings is 5. The Bertz CT molecular complexity index is 1180. The standard InChI is InChI=1S/C24H16/c1-2-6-17(7-3-1)21-15-12-19-11-14-20-13-10-18-8-4-5-9-22(18)24(20)23(19)16-21/h1-16H. The maximum atomic E-state index is 2.33. The first-order valence-electron chi connectivity index (χ1n) is 8.30. The van der Waals surface area contributed by atoms with E-state index in [1.807, 2.05) is 0 Å². The average Bonchev–Trinajstić information content (AvgIpc) is 2.67. The largest absolute Gasteiger partial charge is 0.0622 e. The highest BCUT2D eigenvalue weighted by Gasteiger charge is 2.06. The molecule has 0 fully saturated rings. The van der Waals surface area contributed by atoms with E-state index in [1.54, 1.807) is 0 Å². The number of hydrogen-bond acceptors (Lipinski definition) is 0. The van der Waals surface area contributed by atoms with Crippen LogP contribution in [0.15, 0.2) is 97.1 Å². The van der Waals surface area contributed by atoms with Crippen LogP contribution in [0.25, 0.3) is 43.4 Å². The molecule has 0 spiro atoms. The molecule has 0 aliphatic carbocycles. The third-order valence-electron chi connectivity index (χ3n) is 4.83. The van der Waals surface area contributed by atoms with Crippen LogP contribution in [0.3, 0.4) is 0 Å². The van der Waals surface area contributed by atoms with Crippen LogP contribution in [-0.2, 0) is 0 Å².